The highest BCUT2D eigenvalue weighted by Crippen LogP contribution is 2.10. The van der Waals surface area contributed by atoms with Gasteiger partial charge in [-0.05, 0) is 55.2 Å². The Hall–Kier alpha value is -2.07. The molecule has 0 atom stereocenters. The van der Waals surface area contributed by atoms with Crippen LogP contribution < -0.4 is 0 Å². The summed E-state index contributed by atoms with van der Waals surface area (Å²) in [4.78, 5) is 0. The van der Waals surface area contributed by atoms with Gasteiger partial charge in [0.15, 0.2) is 0 Å². The molecule has 0 aliphatic heterocycles. The van der Waals surface area contributed by atoms with Crippen LogP contribution in [0.5, 0.6) is 0 Å². The largest absolute Gasteiger partial charge is 0.207 e. The Labute approximate surface area is 120 Å². The SMILES string of the molecule is CCCCc1ccc(C#Cc2cc(F)ccc2C)cc1. The topological polar surface area (TPSA) is 0 Å². The molecule has 0 saturated carbocycles. The van der Waals surface area contributed by atoms with E-state index >= 15 is 0 Å². The third-order valence-electron chi connectivity index (χ3n) is 3.31. The van der Waals surface area contributed by atoms with E-state index in [2.05, 4.69) is 30.9 Å². The van der Waals surface area contributed by atoms with Crippen molar-refractivity contribution in [2.75, 3.05) is 0 Å². The van der Waals surface area contributed by atoms with Crippen LogP contribution in [0.25, 0.3) is 0 Å². The van der Waals surface area contributed by atoms with Crippen molar-refractivity contribution in [2.45, 2.75) is 33.1 Å². The van der Waals surface area contributed by atoms with Gasteiger partial charge in [-0.2, -0.15) is 0 Å². The van der Waals surface area contributed by atoms with Gasteiger partial charge in [0.2, 0.25) is 0 Å². The second-order valence-electron chi connectivity index (χ2n) is 5.01. The van der Waals surface area contributed by atoms with Crippen molar-refractivity contribution in [1.29, 1.82) is 0 Å². The summed E-state index contributed by atoms with van der Waals surface area (Å²) in [6.45, 7) is 4.14. The molecule has 2 aromatic rings. The molecule has 0 N–H and O–H groups in total. The summed E-state index contributed by atoms with van der Waals surface area (Å²) in [6.07, 6.45) is 3.54. The Morgan fingerprint density at radius 1 is 1.00 bits per heavy atom. The van der Waals surface area contributed by atoms with Gasteiger partial charge in [-0.15, -0.1) is 0 Å². The Kier molecular flexibility index (Phi) is 4.96. The molecule has 0 bridgehead atoms. The fraction of sp³-hybridized carbons (Fsp3) is 0.263. The molecule has 0 spiro atoms. The van der Waals surface area contributed by atoms with Crippen molar-refractivity contribution in [3.05, 3.63) is 70.5 Å². The number of hydrogen-bond acceptors (Lipinski definition) is 0. The average Bonchev–Trinajstić information content (AvgIpc) is 2.47. The minimum atomic E-state index is -0.241. The summed E-state index contributed by atoms with van der Waals surface area (Å²) in [5.74, 6) is 5.90. The van der Waals surface area contributed by atoms with E-state index in [9.17, 15) is 4.39 Å². The molecule has 0 aromatic heterocycles. The summed E-state index contributed by atoms with van der Waals surface area (Å²) < 4.78 is 13.2. The van der Waals surface area contributed by atoms with Gasteiger partial charge in [0, 0.05) is 11.1 Å². The van der Waals surface area contributed by atoms with Gasteiger partial charge in [-0.1, -0.05) is 43.4 Å². The van der Waals surface area contributed by atoms with E-state index in [1.165, 1.54) is 30.5 Å². The Bertz CT molecular complexity index is 627. The zero-order chi connectivity index (χ0) is 14.4. The van der Waals surface area contributed by atoms with Crippen molar-refractivity contribution in [1.82, 2.24) is 0 Å². The third kappa shape index (κ3) is 3.96. The number of rotatable bonds is 3. The van der Waals surface area contributed by atoms with E-state index in [0.29, 0.717) is 0 Å². The highest BCUT2D eigenvalue weighted by molar-refractivity contribution is 5.46. The summed E-state index contributed by atoms with van der Waals surface area (Å²) in [6, 6.07) is 13.0. The first-order valence-electron chi connectivity index (χ1n) is 7.06. The highest BCUT2D eigenvalue weighted by Gasteiger charge is 1.97. The van der Waals surface area contributed by atoms with Gasteiger partial charge in [-0.25, -0.2) is 4.39 Å². The highest BCUT2D eigenvalue weighted by atomic mass is 19.1. The predicted octanol–water partition coefficient (Wildman–Crippen LogP) is 4.88. The number of hydrogen-bond donors (Lipinski definition) is 0. The summed E-state index contributed by atoms with van der Waals surface area (Å²) in [5.41, 5.74) is 4.06. The number of aryl methyl sites for hydroxylation is 2. The average molecular weight is 266 g/mol. The Balaban J connectivity index is 2.14. The van der Waals surface area contributed by atoms with Crippen molar-refractivity contribution in [2.24, 2.45) is 0 Å². The molecule has 1 heteroatoms. The van der Waals surface area contributed by atoms with E-state index in [1.807, 2.05) is 19.1 Å². The lowest BCUT2D eigenvalue weighted by atomic mass is 10.1. The zero-order valence-electron chi connectivity index (χ0n) is 12.0. The minimum absolute atomic E-state index is 0.241. The maximum Gasteiger partial charge on any atom is 0.124 e. The van der Waals surface area contributed by atoms with Gasteiger partial charge < -0.3 is 0 Å². The molecule has 2 aromatic carbocycles. The first kappa shape index (κ1) is 14.3. The van der Waals surface area contributed by atoms with E-state index in [4.69, 9.17) is 0 Å². The third-order valence-corrected chi connectivity index (χ3v) is 3.31. The lowest BCUT2D eigenvalue weighted by Crippen LogP contribution is -1.86. The van der Waals surface area contributed by atoms with E-state index in [1.54, 1.807) is 6.07 Å². The van der Waals surface area contributed by atoms with Gasteiger partial charge >= 0.3 is 0 Å². The van der Waals surface area contributed by atoms with E-state index in [0.717, 1.165) is 23.1 Å². The number of benzene rings is 2. The van der Waals surface area contributed by atoms with Crippen LogP contribution in [0.3, 0.4) is 0 Å². The molecule has 0 unspecified atom stereocenters. The molecule has 0 radical (unpaired) electrons. The molecule has 0 heterocycles. The number of unbranched alkanes of at least 4 members (excludes halogenated alkanes) is 1. The maximum atomic E-state index is 13.2. The molecule has 0 aliphatic carbocycles. The Morgan fingerprint density at radius 2 is 1.75 bits per heavy atom. The zero-order valence-corrected chi connectivity index (χ0v) is 12.0. The van der Waals surface area contributed by atoms with Crippen LogP contribution in [0.2, 0.25) is 0 Å². The van der Waals surface area contributed by atoms with Crippen LogP contribution in [0.15, 0.2) is 42.5 Å². The monoisotopic (exact) mass is 266 g/mol. The van der Waals surface area contributed by atoms with E-state index < -0.39 is 0 Å². The molecule has 0 amide bonds. The van der Waals surface area contributed by atoms with Crippen molar-refractivity contribution in [3.63, 3.8) is 0 Å². The van der Waals surface area contributed by atoms with Crippen LogP contribution in [-0.2, 0) is 6.42 Å². The lowest BCUT2D eigenvalue weighted by molar-refractivity contribution is 0.627. The standard InChI is InChI=1S/C19H19F/c1-3-4-5-16-7-9-17(10-8-16)11-12-18-14-19(20)13-6-15(18)2/h6-10,13-14H,3-5H2,1-2H3. The van der Waals surface area contributed by atoms with Gasteiger partial charge in [0.1, 0.15) is 5.82 Å². The van der Waals surface area contributed by atoms with Gasteiger partial charge in [0.25, 0.3) is 0 Å². The van der Waals surface area contributed by atoms with Crippen molar-refractivity contribution in [3.8, 4) is 11.8 Å². The lowest BCUT2D eigenvalue weighted by Gasteiger charge is -2.00. The molecule has 2 rings (SSSR count). The molecule has 0 saturated heterocycles. The molecule has 0 fully saturated rings. The first-order chi connectivity index (χ1) is 9.69. The van der Waals surface area contributed by atoms with Crippen molar-refractivity contribution >= 4 is 0 Å². The molecule has 102 valence electrons. The molecule has 0 nitrogen and oxygen atoms in total. The second kappa shape index (κ2) is 6.91. The quantitative estimate of drug-likeness (QED) is 0.695. The van der Waals surface area contributed by atoms with Gasteiger partial charge in [0.05, 0.1) is 0 Å². The van der Waals surface area contributed by atoms with Gasteiger partial charge in [-0.3, -0.25) is 0 Å². The summed E-state index contributed by atoms with van der Waals surface area (Å²) in [7, 11) is 0. The normalized spacial score (nSPS) is 9.95. The summed E-state index contributed by atoms with van der Waals surface area (Å²) >= 11 is 0. The predicted molar refractivity (Wildman–Crippen MR) is 82.2 cm³/mol. The van der Waals surface area contributed by atoms with Crippen LogP contribution in [0.4, 0.5) is 4.39 Å². The fourth-order valence-electron chi connectivity index (χ4n) is 2.00. The van der Waals surface area contributed by atoms with Crippen molar-refractivity contribution < 1.29 is 4.39 Å². The molecular formula is C19H19F. The maximum absolute atomic E-state index is 13.2. The summed E-state index contributed by atoms with van der Waals surface area (Å²) in [5, 5.41) is 0. The first-order valence-corrected chi connectivity index (χ1v) is 7.06. The number of halogens is 1. The van der Waals surface area contributed by atoms with Crippen LogP contribution in [-0.4, -0.2) is 0 Å². The van der Waals surface area contributed by atoms with Crippen LogP contribution in [0.1, 0.15) is 42.0 Å². The molecule has 20 heavy (non-hydrogen) atoms. The van der Waals surface area contributed by atoms with Crippen LogP contribution >= 0.6 is 0 Å². The van der Waals surface area contributed by atoms with Crippen LogP contribution in [0, 0.1) is 24.6 Å². The molecular weight excluding hydrogens is 247 g/mol. The fourth-order valence-corrected chi connectivity index (χ4v) is 2.00. The smallest absolute Gasteiger partial charge is 0.124 e. The van der Waals surface area contributed by atoms with E-state index in [-0.39, 0.29) is 5.82 Å². The molecule has 0 aliphatic rings. The second-order valence-corrected chi connectivity index (χ2v) is 5.01. The Morgan fingerprint density at radius 3 is 2.45 bits per heavy atom. The minimum Gasteiger partial charge on any atom is -0.207 e.